The maximum Gasteiger partial charge on any atom is 0.508 e. The van der Waals surface area contributed by atoms with Gasteiger partial charge in [0.2, 0.25) is 0 Å². The fraction of sp³-hybridized carbons (Fsp3) is 0.857. The van der Waals surface area contributed by atoms with Gasteiger partial charge in [-0.1, -0.05) is 0 Å². The van der Waals surface area contributed by atoms with Crippen LogP contribution in [0.5, 0.6) is 0 Å². The Bertz CT molecular complexity index is 396. The topological polar surface area (TPSA) is 108 Å². The number of hydrogen-bond donors (Lipinski definition) is 0. The summed E-state index contributed by atoms with van der Waals surface area (Å²) >= 11 is 0. The van der Waals surface area contributed by atoms with Gasteiger partial charge in [0, 0.05) is 0 Å². The number of rotatable bonds is 12. The second-order valence-electron chi connectivity index (χ2n) is 5.75. The third-order valence-electron chi connectivity index (χ3n) is 3.30. The van der Waals surface area contributed by atoms with E-state index in [1.165, 1.54) is 0 Å². The smallest absolute Gasteiger partial charge is 0.430 e. The zero-order chi connectivity index (χ0) is 18.1. The quantitative estimate of drug-likeness (QED) is 0.271. The summed E-state index contributed by atoms with van der Waals surface area (Å²) in [6, 6.07) is 0. The van der Waals surface area contributed by atoms with Crippen molar-refractivity contribution in [2.24, 2.45) is 0 Å². The van der Waals surface area contributed by atoms with Crippen LogP contribution in [0.25, 0.3) is 0 Å². The van der Waals surface area contributed by atoms with Crippen LogP contribution < -0.4 is 0 Å². The van der Waals surface area contributed by atoms with Crippen LogP contribution in [0.4, 0.5) is 9.59 Å². The van der Waals surface area contributed by atoms with Crippen LogP contribution in [0.2, 0.25) is 0 Å². The Morgan fingerprint density at radius 1 is 0.920 bits per heavy atom. The number of ether oxygens (including phenoxy) is 6. The number of carbonyl (C=O) groups is 2. The fourth-order valence-electron chi connectivity index (χ4n) is 2.02. The Morgan fingerprint density at radius 3 is 1.72 bits per heavy atom. The summed E-state index contributed by atoms with van der Waals surface area (Å²) in [5.41, 5.74) is 0. The molecule has 0 aromatic rings. The van der Waals surface area contributed by atoms with E-state index in [2.05, 4.69) is 9.47 Å². The Kier molecular flexibility index (Phi) is 8.25. The average Bonchev–Trinajstić information content (AvgIpc) is 3.19. The van der Waals surface area contributed by atoms with Gasteiger partial charge in [-0.25, -0.2) is 9.59 Å². The Hall–Kier alpha value is -1.56. The van der Waals surface area contributed by atoms with Crippen molar-refractivity contribution in [3.05, 3.63) is 0 Å². The molecule has 4 unspecified atom stereocenters. The fourth-order valence-corrected chi connectivity index (χ4v) is 2.02. The molecule has 0 N–H and O–H groups in total. The van der Waals surface area contributed by atoms with Gasteiger partial charge >= 0.3 is 20.0 Å². The summed E-state index contributed by atoms with van der Waals surface area (Å²) in [6.45, 7) is 5.30. The highest BCUT2D eigenvalue weighted by molar-refractivity contribution is 6.17. The standard InChI is InChI=1S/C14H23BO10/c1-9(18-5-11-7-20-13(16)24-11)3-22-15-23-4-10(2)19-6-12-8-21-14(17)25-12/h9-12,15H,3-8H2,1-2H3. The average molecular weight is 362 g/mol. The van der Waals surface area contributed by atoms with Crippen molar-refractivity contribution in [1.29, 1.82) is 0 Å². The summed E-state index contributed by atoms with van der Waals surface area (Å²) in [6.07, 6.45) is -2.41. The molecule has 142 valence electrons. The van der Waals surface area contributed by atoms with Gasteiger partial charge in [-0.05, 0) is 13.8 Å². The molecular formula is C14H23BO10. The van der Waals surface area contributed by atoms with Crippen molar-refractivity contribution >= 4 is 20.0 Å². The van der Waals surface area contributed by atoms with E-state index in [4.69, 9.17) is 28.3 Å². The summed E-state index contributed by atoms with van der Waals surface area (Å²) < 4.78 is 40.7. The third-order valence-corrected chi connectivity index (χ3v) is 3.30. The van der Waals surface area contributed by atoms with Crippen LogP contribution in [0.15, 0.2) is 0 Å². The van der Waals surface area contributed by atoms with Gasteiger partial charge in [0.05, 0.1) is 38.6 Å². The highest BCUT2D eigenvalue weighted by atomic mass is 16.8. The molecule has 25 heavy (non-hydrogen) atoms. The first-order chi connectivity index (χ1) is 12.0. The predicted molar refractivity (Wildman–Crippen MR) is 82.3 cm³/mol. The minimum absolute atomic E-state index is 0.102. The molecule has 2 rings (SSSR count). The first-order valence-electron chi connectivity index (χ1n) is 8.08. The lowest BCUT2D eigenvalue weighted by Gasteiger charge is -2.16. The van der Waals surface area contributed by atoms with Gasteiger partial charge in [0.1, 0.15) is 13.2 Å². The molecule has 0 aromatic heterocycles. The molecule has 0 bridgehead atoms. The van der Waals surface area contributed by atoms with Gasteiger partial charge in [-0.2, -0.15) is 0 Å². The Labute approximate surface area is 146 Å². The molecule has 2 aliphatic heterocycles. The van der Waals surface area contributed by atoms with E-state index in [-0.39, 0.29) is 58.5 Å². The minimum Gasteiger partial charge on any atom is -0.430 e. The third kappa shape index (κ3) is 7.91. The van der Waals surface area contributed by atoms with E-state index in [0.717, 1.165) is 0 Å². The van der Waals surface area contributed by atoms with Crippen molar-refractivity contribution in [2.45, 2.75) is 38.3 Å². The highest BCUT2D eigenvalue weighted by Crippen LogP contribution is 2.08. The SMILES string of the molecule is CC(COBOCC(C)OCC1COC(=O)O1)OCC1COC(=O)O1. The molecule has 2 fully saturated rings. The van der Waals surface area contributed by atoms with E-state index in [9.17, 15) is 9.59 Å². The molecule has 11 heteroatoms. The molecule has 0 spiro atoms. The van der Waals surface area contributed by atoms with Crippen LogP contribution in [-0.2, 0) is 37.7 Å². The van der Waals surface area contributed by atoms with E-state index in [1.54, 1.807) is 0 Å². The monoisotopic (exact) mass is 362 g/mol. The normalized spacial score (nSPS) is 24.9. The number of cyclic esters (lactones) is 4. The molecule has 4 atom stereocenters. The lowest BCUT2D eigenvalue weighted by molar-refractivity contribution is -0.0233. The summed E-state index contributed by atoms with van der Waals surface area (Å²) in [7, 11) is 0.102. The van der Waals surface area contributed by atoms with Gasteiger partial charge in [-0.3, -0.25) is 0 Å². The molecule has 0 aromatic carbocycles. The number of carbonyl (C=O) groups excluding carboxylic acids is 2. The molecule has 2 aliphatic rings. The van der Waals surface area contributed by atoms with Crippen LogP contribution >= 0.6 is 0 Å². The van der Waals surface area contributed by atoms with Crippen LogP contribution in [0, 0.1) is 0 Å². The van der Waals surface area contributed by atoms with Crippen molar-refractivity contribution in [3.63, 3.8) is 0 Å². The van der Waals surface area contributed by atoms with Gasteiger partial charge in [0.25, 0.3) is 0 Å². The minimum atomic E-state index is -0.666. The zero-order valence-electron chi connectivity index (χ0n) is 14.3. The van der Waals surface area contributed by atoms with E-state index in [0.29, 0.717) is 13.2 Å². The largest absolute Gasteiger partial charge is 0.508 e. The first-order valence-corrected chi connectivity index (χ1v) is 8.08. The first kappa shape index (κ1) is 19.8. The molecule has 2 heterocycles. The molecule has 0 radical (unpaired) electrons. The van der Waals surface area contributed by atoms with Crippen molar-refractivity contribution in [1.82, 2.24) is 0 Å². The maximum atomic E-state index is 10.8. The van der Waals surface area contributed by atoms with Crippen LogP contribution in [-0.4, -0.2) is 84.1 Å². The molecule has 0 saturated carbocycles. The van der Waals surface area contributed by atoms with Crippen molar-refractivity contribution in [2.75, 3.05) is 39.6 Å². The second-order valence-corrected chi connectivity index (χ2v) is 5.75. The molecule has 0 aliphatic carbocycles. The summed E-state index contributed by atoms with van der Waals surface area (Å²) in [5, 5.41) is 0. The van der Waals surface area contributed by atoms with E-state index >= 15 is 0 Å². The van der Waals surface area contributed by atoms with Gasteiger partial charge in [0.15, 0.2) is 12.2 Å². The number of hydrogen-bond acceptors (Lipinski definition) is 10. The Morgan fingerprint density at radius 2 is 1.36 bits per heavy atom. The van der Waals surface area contributed by atoms with Gasteiger partial charge < -0.3 is 37.7 Å². The van der Waals surface area contributed by atoms with E-state index < -0.39 is 12.3 Å². The highest BCUT2D eigenvalue weighted by Gasteiger charge is 2.26. The second kappa shape index (κ2) is 10.4. The maximum absolute atomic E-state index is 10.8. The molecule has 10 nitrogen and oxygen atoms in total. The molecular weight excluding hydrogens is 339 g/mol. The molecule has 2 saturated heterocycles. The van der Waals surface area contributed by atoms with Gasteiger partial charge in [-0.15, -0.1) is 0 Å². The zero-order valence-corrected chi connectivity index (χ0v) is 14.3. The summed E-state index contributed by atoms with van der Waals surface area (Å²) in [4.78, 5) is 21.5. The lowest BCUT2D eigenvalue weighted by Crippen LogP contribution is -2.27. The van der Waals surface area contributed by atoms with Crippen LogP contribution in [0.3, 0.4) is 0 Å². The van der Waals surface area contributed by atoms with Crippen LogP contribution in [0.1, 0.15) is 13.8 Å². The summed E-state index contributed by atoms with van der Waals surface area (Å²) in [5.74, 6) is 0. The lowest BCUT2D eigenvalue weighted by atomic mass is 10.3. The Balaban J connectivity index is 1.40. The predicted octanol–water partition coefficient (Wildman–Crippen LogP) is 0.167. The van der Waals surface area contributed by atoms with Crippen molar-refractivity contribution in [3.8, 4) is 0 Å². The molecule has 0 amide bonds. The van der Waals surface area contributed by atoms with Crippen molar-refractivity contribution < 1.29 is 47.3 Å². The van der Waals surface area contributed by atoms with E-state index in [1.807, 2.05) is 13.8 Å².